The molecule has 0 unspecified atom stereocenters. The number of piperazine rings is 1. The van der Waals surface area contributed by atoms with Gasteiger partial charge in [0.1, 0.15) is 10.0 Å². The number of aromatic carboxylic acids is 1. The summed E-state index contributed by atoms with van der Waals surface area (Å²) in [5, 5.41) is 13.9. The first-order chi connectivity index (χ1) is 14.1. The van der Waals surface area contributed by atoms with E-state index in [-0.39, 0.29) is 5.69 Å². The molecule has 0 saturated carbocycles. The van der Waals surface area contributed by atoms with E-state index < -0.39 is 5.97 Å². The molecule has 3 heterocycles. The fraction of sp³-hybridized carbons (Fsp3) is 0.286. The molecule has 29 heavy (non-hydrogen) atoms. The summed E-state index contributed by atoms with van der Waals surface area (Å²) in [6, 6.07) is 11.8. The monoisotopic (exact) mass is 409 g/mol. The Kier molecular flexibility index (Phi) is 5.84. The Bertz CT molecular complexity index is 966. The van der Waals surface area contributed by atoms with E-state index in [2.05, 4.69) is 44.3 Å². The number of hydrogen-bond donors (Lipinski definition) is 2. The number of carbonyl (C=O) groups is 1. The van der Waals surface area contributed by atoms with E-state index in [4.69, 9.17) is 0 Å². The standard InChI is InChI=1S/C21H23N5O2S/c1-25-10-12-26(13-11-25)14-15-2-4-17(5-3-15)23-20-18(21(27)28)24-19(29-20)16-6-8-22-9-7-16/h2-9,23H,10-14H2,1H3,(H,27,28). The normalized spacial score (nSPS) is 15.3. The molecule has 0 bridgehead atoms. The van der Waals surface area contributed by atoms with Crippen LogP contribution in [0.25, 0.3) is 10.6 Å². The molecule has 1 aliphatic heterocycles. The van der Waals surface area contributed by atoms with Gasteiger partial charge in [0.2, 0.25) is 0 Å². The second-order valence-electron chi connectivity index (χ2n) is 7.14. The van der Waals surface area contributed by atoms with Gasteiger partial charge in [0.05, 0.1) is 0 Å². The number of aromatic nitrogens is 2. The van der Waals surface area contributed by atoms with Crippen LogP contribution in [-0.2, 0) is 6.54 Å². The van der Waals surface area contributed by atoms with Crippen molar-refractivity contribution >= 4 is 28.0 Å². The summed E-state index contributed by atoms with van der Waals surface area (Å²) < 4.78 is 0. The minimum Gasteiger partial charge on any atom is -0.476 e. The summed E-state index contributed by atoms with van der Waals surface area (Å²) in [6.07, 6.45) is 3.34. The van der Waals surface area contributed by atoms with Crippen LogP contribution in [0.2, 0.25) is 0 Å². The van der Waals surface area contributed by atoms with E-state index in [0.29, 0.717) is 10.0 Å². The number of hydrogen-bond acceptors (Lipinski definition) is 7. The van der Waals surface area contributed by atoms with Crippen LogP contribution in [0.1, 0.15) is 16.1 Å². The number of likely N-dealkylation sites (N-methyl/N-ethyl adjacent to an activating group) is 1. The molecular weight excluding hydrogens is 386 g/mol. The van der Waals surface area contributed by atoms with Crippen molar-refractivity contribution in [3.8, 4) is 10.6 Å². The van der Waals surface area contributed by atoms with E-state index in [9.17, 15) is 9.90 Å². The van der Waals surface area contributed by atoms with Gasteiger partial charge in [-0.2, -0.15) is 0 Å². The van der Waals surface area contributed by atoms with Crippen molar-refractivity contribution in [3.05, 3.63) is 60.0 Å². The molecule has 0 radical (unpaired) electrons. The van der Waals surface area contributed by atoms with Gasteiger partial charge in [0, 0.05) is 56.4 Å². The topological polar surface area (TPSA) is 81.6 Å². The molecule has 0 atom stereocenters. The van der Waals surface area contributed by atoms with E-state index in [0.717, 1.165) is 44.0 Å². The first-order valence-electron chi connectivity index (χ1n) is 9.50. The van der Waals surface area contributed by atoms with Crippen molar-refractivity contribution < 1.29 is 9.90 Å². The molecule has 4 rings (SSSR count). The molecule has 150 valence electrons. The molecule has 0 aliphatic carbocycles. The van der Waals surface area contributed by atoms with Crippen LogP contribution >= 0.6 is 11.3 Å². The van der Waals surface area contributed by atoms with Gasteiger partial charge >= 0.3 is 5.97 Å². The minimum absolute atomic E-state index is 0.0309. The van der Waals surface area contributed by atoms with Crippen molar-refractivity contribution in [1.29, 1.82) is 0 Å². The SMILES string of the molecule is CN1CCN(Cc2ccc(Nc3sc(-c4ccncc4)nc3C(=O)O)cc2)CC1. The molecule has 7 nitrogen and oxygen atoms in total. The van der Waals surface area contributed by atoms with Crippen molar-refractivity contribution in [1.82, 2.24) is 19.8 Å². The smallest absolute Gasteiger partial charge is 0.357 e. The Morgan fingerprint density at radius 3 is 2.45 bits per heavy atom. The fourth-order valence-electron chi connectivity index (χ4n) is 3.26. The molecule has 1 aliphatic rings. The summed E-state index contributed by atoms with van der Waals surface area (Å²) in [6.45, 7) is 5.29. The Labute approximate surface area is 173 Å². The molecule has 1 fully saturated rings. The van der Waals surface area contributed by atoms with Crippen molar-refractivity contribution in [2.45, 2.75) is 6.54 Å². The van der Waals surface area contributed by atoms with Gasteiger partial charge in [0.25, 0.3) is 0 Å². The predicted molar refractivity (Wildman–Crippen MR) is 115 cm³/mol. The molecule has 2 aromatic heterocycles. The molecular formula is C21H23N5O2S. The number of thiazole rings is 1. The van der Waals surface area contributed by atoms with Crippen LogP contribution in [0, 0.1) is 0 Å². The zero-order valence-electron chi connectivity index (χ0n) is 16.2. The van der Waals surface area contributed by atoms with Crippen LogP contribution < -0.4 is 5.32 Å². The Morgan fingerprint density at radius 2 is 1.79 bits per heavy atom. The first kappa shape index (κ1) is 19.5. The maximum Gasteiger partial charge on any atom is 0.357 e. The first-order valence-corrected chi connectivity index (χ1v) is 10.3. The van der Waals surface area contributed by atoms with Crippen LogP contribution in [0.15, 0.2) is 48.8 Å². The largest absolute Gasteiger partial charge is 0.476 e. The molecule has 0 spiro atoms. The van der Waals surface area contributed by atoms with E-state index in [1.54, 1.807) is 12.4 Å². The highest BCUT2D eigenvalue weighted by atomic mass is 32.1. The second-order valence-corrected chi connectivity index (χ2v) is 8.14. The highest BCUT2D eigenvalue weighted by Gasteiger charge is 2.19. The molecule has 3 aromatic rings. The van der Waals surface area contributed by atoms with Gasteiger partial charge in [-0.1, -0.05) is 23.5 Å². The number of nitrogens with zero attached hydrogens (tertiary/aromatic N) is 4. The number of carboxylic acids is 1. The summed E-state index contributed by atoms with van der Waals surface area (Å²) in [5.41, 5.74) is 2.98. The lowest BCUT2D eigenvalue weighted by Crippen LogP contribution is -2.43. The van der Waals surface area contributed by atoms with E-state index in [1.165, 1.54) is 16.9 Å². The number of nitrogens with one attached hydrogen (secondary N) is 1. The quantitative estimate of drug-likeness (QED) is 0.646. The highest BCUT2D eigenvalue weighted by molar-refractivity contribution is 7.19. The Hall–Kier alpha value is -2.81. The lowest BCUT2D eigenvalue weighted by atomic mass is 10.2. The third-order valence-corrected chi connectivity index (χ3v) is 5.99. The van der Waals surface area contributed by atoms with Gasteiger partial charge in [-0.25, -0.2) is 9.78 Å². The second kappa shape index (κ2) is 8.69. The number of carboxylic acid groups (broad SMARTS) is 1. The van der Waals surface area contributed by atoms with Crippen LogP contribution in [0.4, 0.5) is 10.7 Å². The summed E-state index contributed by atoms with van der Waals surface area (Å²) >= 11 is 1.32. The number of pyridine rings is 1. The van der Waals surface area contributed by atoms with Gasteiger partial charge in [-0.3, -0.25) is 9.88 Å². The third kappa shape index (κ3) is 4.79. The summed E-state index contributed by atoms with van der Waals surface area (Å²) in [7, 11) is 2.16. The zero-order chi connectivity index (χ0) is 20.2. The van der Waals surface area contributed by atoms with Crippen molar-refractivity contribution in [3.63, 3.8) is 0 Å². The lowest BCUT2D eigenvalue weighted by molar-refractivity contribution is 0.0692. The van der Waals surface area contributed by atoms with E-state index in [1.807, 2.05) is 24.3 Å². The Balaban J connectivity index is 1.47. The number of benzene rings is 1. The van der Waals surface area contributed by atoms with Gasteiger partial charge in [0.15, 0.2) is 5.69 Å². The third-order valence-electron chi connectivity index (χ3n) is 4.97. The average Bonchev–Trinajstić information content (AvgIpc) is 3.16. The van der Waals surface area contributed by atoms with Crippen molar-refractivity contribution in [2.24, 2.45) is 0 Å². The molecule has 0 amide bonds. The predicted octanol–water partition coefficient (Wildman–Crippen LogP) is 3.39. The van der Waals surface area contributed by atoms with Crippen LogP contribution in [0.3, 0.4) is 0 Å². The molecule has 2 N–H and O–H groups in total. The minimum atomic E-state index is -1.05. The van der Waals surface area contributed by atoms with E-state index >= 15 is 0 Å². The maximum absolute atomic E-state index is 11.6. The molecule has 1 aromatic carbocycles. The highest BCUT2D eigenvalue weighted by Crippen LogP contribution is 2.34. The summed E-state index contributed by atoms with van der Waals surface area (Å²) in [5.74, 6) is -1.05. The van der Waals surface area contributed by atoms with Crippen LogP contribution in [-0.4, -0.2) is 64.1 Å². The Morgan fingerprint density at radius 1 is 1.10 bits per heavy atom. The molecule has 1 saturated heterocycles. The van der Waals surface area contributed by atoms with Gasteiger partial charge < -0.3 is 15.3 Å². The van der Waals surface area contributed by atoms with Gasteiger partial charge in [-0.05, 0) is 36.9 Å². The van der Waals surface area contributed by atoms with Crippen molar-refractivity contribution in [2.75, 3.05) is 38.5 Å². The molecule has 8 heteroatoms. The maximum atomic E-state index is 11.6. The van der Waals surface area contributed by atoms with Crippen LogP contribution in [0.5, 0.6) is 0 Å². The summed E-state index contributed by atoms with van der Waals surface area (Å²) in [4.78, 5) is 24.7. The fourth-order valence-corrected chi connectivity index (χ4v) is 4.24. The zero-order valence-corrected chi connectivity index (χ0v) is 17.0. The average molecular weight is 410 g/mol. The lowest BCUT2D eigenvalue weighted by Gasteiger charge is -2.32. The van der Waals surface area contributed by atoms with Gasteiger partial charge in [-0.15, -0.1) is 0 Å². The number of rotatable bonds is 6. The number of anilines is 2.